The molecule has 0 aliphatic carbocycles. The summed E-state index contributed by atoms with van der Waals surface area (Å²) in [5.74, 6) is -1.43. The van der Waals surface area contributed by atoms with E-state index in [9.17, 15) is 19.7 Å². The fourth-order valence-corrected chi connectivity index (χ4v) is 1.84. The minimum absolute atomic E-state index is 0.0631. The average molecular weight is 293 g/mol. The van der Waals surface area contributed by atoms with Crippen molar-refractivity contribution >= 4 is 17.6 Å². The molecular formula is C12H11N3O6. The lowest BCUT2D eigenvalue weighted by Crippen LogP contribution is -2.12. The van der Waals surface area contributed by atoms with Gasteiger partial charge in [0.25, 0.3) is 5.69 Å². The highest BCUT2D eigenvalue weighted by Crippen LogP contribution is 2.24. The smallest absolute Gasteiger partial charge is 0.356 e. The molecule has 0 spiro atoms. The molecule has 0 aromatic carbocycles. The predicted octanol–water partition coefficient (Wildman–Crippen LogP) is 1.29. The molecule has 2 rings (SSSR count). The average Bonchev–Trinajstić information content (AvgIpc) is 3.11. The number of nitro groups is 1. The van der Waals surface area contributed by atoms with Gasteiger partial charge in [-0.15, -0.1) is 0 Å². The van der Waals surface area contributed by atoms with Crippen molar-refractivity contribution in [2.45, 2.75) is 0 Å². The molecule has 2 aromatic heterocycles. The SMILES string of the molecule is COC(=O)c1[nH]ccc1-n1cc([N+](=O)[O-])cc1C(=O)OC. The molecule has 0 aliphatic rings. The normalized spacial score (nSPS) is 10.2. The molecule has 0 amide bonds. The molecule has 0 saturated heterocycles. The van der Waals surface area contributed by atoms with E-state index in [1.54, 1.807) is 0 Å². The molecule has 0 atom stereocenters. The van der Waals surface area contributed by atoms with Crippen LogP contribution >= 0.6 is 0 Å². The van der Waals surface area contributed by atoms with E-state index < -0.39 is 16.9 Å². The summed E-state index contributed by atoms with van der Waals surface area (Å²) in [6.45, 7) is 0. The van der Waals surface area contributed by atoms with Gasteiger partial charge in [-0.05, 0) is 6.07 Å². The zero-order valence-corrected chi connectivity index (χ0v) is 11.2. The minimum atomic E-state index is -0.764. The molecule has 9 heteroatoms. The first-order chi connectivity index (χ1) is 9.99. The number of H-pyrrole nitrogens is 1. The van der Waals surface area contributed by atoms with Crippen LogP contribution in [0.5, 0.6) is 0 Å². The lowest BCUT2D eigenvalue weighted by atomic mass is 10.3. The van der Waals surface area contributed by atoms with Crippen LogP contribution in [0.15, 0.2) is 24.5 Å². The highest BCUT2D eigenvalue weighted by Gasteiger charge is 2.24. The first-order valence-electron chi connectivity index (χ1n) is 5.70. The van der Waals surface area contributed by atoms with E-state index in [4.69, 9.17) is 0 Å². The van der Waals surface area contributed by atoms with Gasteiger partial charge in [0.2, 0.25) is 0 Å². The third kappa shape index (κ3) is 2.48. The molecule has 0 bridgehead atoms. The fraction of sp³-hybridized carbons (Fsp3) is 0.167. The van der Waals surface area contributed by atoms with Crippen LogP contribution in [0.2, 0.25) is 0 Å². The zero-order chi connectivity index (χ0) is 15.6. The number of carbonyl (C=O) groups is 2. The molecule has 0 aliphatic heterocycles. The number of aromatic amines is 1. The van der Waals surface area contributed by atoms with Crippen LogP contribution < -0.4 is 0 Å². The molecule has 0 fully saturated rings. The van der Waals surface area contributed by atoms with Gasteiger partial charge in [0.1, 0.15) is 11.4 Å². The number of nitrogens with zero attached hydrogens (tertiary/aromatic N) is 2. The van der Waals surface area contributed by atoms with Crippen LogP contribution in [0.1, 0.15) is 21.0 Å². The van der Waals surface area contributed by atoms with Crippen LogP contribution in [0.3, 0.4) is 0 Å². The molecule has 1 N–H and O–H groups in total. The Bertz CT molecular complexity index is 714. The summed E-state index contributed by atoms with van der Waals surface area (Å²) in [7, 11) is 2.36. The highest BCUT2D eigenvalue weighted by molar-refractivity contribution is 5.94. The number of esters is 2. The van der Waals surface area contributed by atoms with Crippen molar-refractivity contribution in [3.05, 3.63) is 46.0 Å². The Morgan fingerprint density at radius 3 is 2.52 bits per heavy atom. The molecule has 0 radical (unpaired) electrons. The van der Waals surface area contributed by atoms with E-state index >= 15 is 0 Å². The van der Waals surface area contributed by atoms with Gasteiger partial charge >= 0.3 is 11.9 Å². The number of hydrogen-bond donors (Lipinski definition) is 1. The summed E-state index contributed by atoms with van der Waals surface area (Å²) in [5.41, 5.74) is -0.0649. The Morgan fingerprint density at radius 2 is 1.95 bits per heavy atom. The van der Waals surface area contributed by atoms with Crippen molar-refractivity contribution in [3.8, 4) is 5.69 Å². The molecule has 2 aromatic rings. The Labute approximate surface area is 118 Å². The number of aromatic nitrogens is 2. The maximum atomic E-state index is 11.7. The van der Waals surface area contributed by atoms with Crippen LogP contribution in [0, 0.1) is 10.1 Å². The van der Waals surface area contributed by atoms with E-state index in [1.165, 1.54) is 23.9 Å². The van der Waals surface area contributed by atoms with Crippen molar-refractivity contribution in [1.29, 1.82) is 0 Å². The zero-order valence-electron chi connectivity index (χ0n) is 11.2. The second-order valence-corrected chi connectivity index (χ2v) is 3.93. The van der Waals surface area contributed by atoms with Crippen molar-refractivity contribution < 1.29 is 24.0 Å². The molecule has 21 heavy (non-hydrogen) atoms. The number of carbonyl (C=O) groups excluding carboxylic acids is 2. The Balaban J connectivity index is 2.63. The predicted molar refractivity (Wildman–Crippen MR) is 69.5 cm³/mol. The third-order valence-electron chi connectivity index (χ3n) is 2.78. The van der Waals surface area contributed by atoms with E-state index in [0.29, 0.717) is 0 Å². The largest absolute Gasteiger partial charge is 0.464 e. The van der Waals surface area contributed by atoms with Gasteiger partial charge in [0.15, 0.2) is 0 Å². The number of nitrogens with one attached hydrogen (secondary N) is 1. The molecule has 110 valence electrons. The number of hydrogen-bond acceptors (Lipinski definition) is 6. The topological polar surface area (TPSA) is 116 Å². The fourth-order valence-electron chi connectivity index (χ4n) is 1.84. The highest BCUT2D eigenvalue weighted by atomic mass is 16.6. The second-order valence-electron chi connectivity index (χ2n) is 3.93. The Kier molecular flexibility index (Phi) is 3.74. The summed E-state index contributed by atoms with van der Waals surface area (Å²) in [6, 6.07) is 2.56. The number of methoxy groups -OCH3 is 2. The van der Waals surface area contributed by atoms with E-state index in [1.807, 2.05) is 0 Å². The van der Waals surface area contributed by atoms with Gasteiger partial charge < -0.3 is 19.0 Å². The molecule has 0 unspecified atom stereocenters. The van der Waals surface area contributed by atoms with Gasteiger partial charge in [0, 0.05) is 12.3 Å². The summed E-state index contributed by atoms with van der Waals surface area (Å²) in [4.78, 5) is 36.2. The second kappa shape index (κ2) is 5.49. The van der Waals surface area contributed by atoms with E-state index in [-0.39, 0.29) is 22.8 Å². The quantitative estimate of drug-likeness (QED) is 0.515. The minimum Gasteiger partial charge on any atom is -0.464 e. The number of rotatable bonds is 4. The van der Waals surface area contributed by atoms with Crippen molar-refractivity contribution in [3.63, 3.8) is 0 Å². The van der Waals surface area contributed by atoms with Crippen molar-refractivity contribution in [2.24, 2.45) is 0 Å². The Hall–Kier alpha value is -3.10. The van der Waals surface area contributed by atoms with Crippen molar-refractivity contribution in [2.75, 3.05) is 14.2 Å². The molecule has 0 saturated carbocycles. The summed E-state index contributed by atoms with van der Waals surface area (Å²) >= 11 is 0. The lowest BCUT2D eigenvalue weighted by molar-refractivity contribution is -0.384. The first kappa shape index (κ1) is 14.3. The maximum Gasteiger partial charge on any atom is 0.356 e. The van der Waals surface area contributed by atoms with E-state index in [2.05, 4.69) is 14.5 Å². The Morgan fingerprint density at radius 1 is 1.29 bits per heavy atom. The van der Waals surface area contributed by atoms with Gasteiger partial charge in [-0.1, -0.05) is 0 Å². The summed E-state index contributed by atoms with van der Waals surface area (Å²) < 4.78 is 10.4. The van der Waals surface area contributed by atoms with Gasteiger partial charge in [0.05, 0.1) is 31.0 Å². The van der Waals surface area contributed by atoms with Gasteiger partial charge in [-0.3, -0.25) is 10.1 Å². The van der Waals surface area contributed by atoms with Gasteiger partial charge in [-0.25, -0.2) is 9.59 Å². The van der Waals surface area contributed by atoms with Crippen LogP contribution in [0.25, 0.3) is 5.69 Å². The lowest BCUT2D eigenvalue weighted by Gasteiger charge is -2.07. The standard InChI is InChI=1S/C12H11N3O6/c1-20-11(16)9-5-7(15(18)19)6-14(9)8-3-4-13-10(8)12(17)21-2/h3-6,13H,1-2H3. The monoisotopic (exact) mass is 293 g/mol. The van der Waals surface area contributed by atoms with Crippen LogP contribution in [0.4, 0.5) is 5.69 Å². The van der Waals surface area contributed by atoms with Crippen LogP contribution in [-0.2, 0) is 9.47 Å². The molecular weight excluding hydrogens is 282 g/mol. The van der Waals surface area contributed by atoms with Crippen LogP contribution in [-0.4, -0.2) is 40.6 Å². The van der Waals surface area contributed by atoms with Gasteiger partial charge in [-0.2, -0.15) is 0 Å². The molecule has 9 nitrogen and oxygen atoms in total. The third-order valence-corrected chi connectivity index (χ3v) is 2.78. The summed E-state index contributed by atoms with van der Waals surface area (Å²) in [5, 5.41) is 10.9. The summed E-state index contributed by atoms with van der Waals surface area (Å²) in [6.07, 6.45) is 2.58. The molecule has 2 heterocycles. The maximum absolute atomic E-state index is 11.7. The van der Waals surface area contributed by atoms with Crippen molar-refractivity contribution in [1.82, 2.24) is 9.55 Å². The van der Waals surface area contributed by atoms with E-state index in [0.717, 1.165) is 19.4 Å². The first-order valence-corrected chi connectivity index (χ1v) is 5.70. The number of ether oxygens (including phenoxy) is 2.